The summed E-state index contributed by atoms with van der Waals surface area (Å²) in [6.07, 6.45) is 5.65. The van der Waals surface area contributed by atoms with Crippen molar-refractivity contribution in [1.82, 2.24) is 25.1 Å². The third-order valence-electron chi connectivity index (χ3n) is 4.07. The fraction of sp³-hybridized carbons (Fsp3) is 0.250. The topological polar surface area (TPSA) is 98.8 Å². The van der Waals surface area contributed by atoms with Crippen LogP contribution in [0.2, 0.25) is 0 Å². The molecule has 0 unspecified atom stereocenters. The first-order chi connectivity index (χ1) is 12.2. The van der Waals surface area contributed by atoms with Crippen LogP contribution in [0.25, 0.3) is 10.2 Å². The summed E-state index contributed by atoms with van der Waals surface area (Å²) in [5, 5.41) is 15.3. The second-order valence-electron chi connectivity index (χ2n) is 5.76. The van der Waals surface area contributed by atoms with Crippen molar-refractivity contribution in [2.75, 3.05) is 23.7 Å². The molecule has 4 heterocycles. The zero-order chi connectivity index (χ0) is 17.2. The van der Waals surface area contributed by atoms with Crippen molar-refractivity contribution < 1.29 is 4.79 Å². The minimum Gasteiger partial charge on any atom is -0.364 e. The molecule has 0 radical (unpaired) electrons. The van der Waals surface area contributed by atoms with E-state index in [4.69, 9.17) is 0 Å². The van der Waals surface area contributed by atoms with Crippen LogP contribution in [-0.4, -0.2) is 50.1 Å². The summed E-state index contributed by atoms with van der Waals surface area (Å²) >= 11 is 1.60. The fourth-order valence-electron chi connectivity index (χ4n) is 2.87. The number of carbonyl (C=O) groups is 1. The number of aromatic nitrogens is 4. The average molecular weight is 355 g/mol. The molecule has 0 aromatic carbocycles. The maximum atomic E-state index is 11.8. The van der Waals surface area contributed by atoms with Gasteiger partial charge in [-0.25, -0.2) is 4.98 Å². The second kappa shape index (κ2) is 6.52. The third kappa shape index (κ3) is 3.18. The van der Waals surface area contributed by atoms with Crippen LogP contribution in [0.1, 0.15) is 6.42 Å². The molecule has 0 saturated carbocycles. The minimum absolute atomic E-state index is 0.0319. The lowest BCUT2D eigenvalue weighted by Gasteiger charge is -2.16. The predicted molar refractivity (Wildman–Crippen MR) is 98.1 cm³/mol. The molecule has 1 saturated heterocycles. The Kier molecular flexibility index (Phi) is 4.06. The van der Waals surface area contributed by atoms with Crippen molar-refractivity contribution in [2.24, 2.45) is 0 Å². The zero-order valence-corrected chi connectivity index (χ0v) is 14.2. The van der Waals surface area contributed by atoms with Gasteiger partial charge in [-0.1, -0.05) is 6.58 Å². The lowest BCUT2D eigenvalue weighted by atomic mass is 10.2. The Morgan fingerprint density at radius 2 is 2.40 bits per heavy atom. The molecule has 3 aromatic rings. The number of fused-ring (bicyclic) bond motifs is 1. The highest BCUT2D eigenvalue weighted by molar-refractivity contribution is 7.17. The number of nitrogens with zero attached hydrogens (tertiary/aromatic N) is 4. The Bertz CT molecular complexity index is 904. The normalized spacial score (nSPS) is 17.0. The summed E-state index contributed by atoms with van der Waals surface area (Å²) < 4.78 is 1.01. The molecule has 25 heavy (non-hydrogen) atoms. The molecule has 3 aromatic heterocycles. The largest absolute Gasteiger partial charge is 0.364 e. The molecule has 128 valence electrons. The van der Waals surface area contributed by atoms with Crippen LogP contribution in [0.4, 0.5) is 17.5 Å². The van der Waals surface area contributed by atoms with E-state index in [0.29, 0.717) is 12.5 Å². The highest BCUT2D eigenvalue weighted by atomic mass is 32.1. The molecule has 1 atom stereocenters. The van der Waals surface area contributed by atoms with Crippen molar-refractivity contribution >= 4 is 44.9 Å². The summed E-state index contributed by atoms with van der Waals surface area (Å²) in [6, 6.07) is 2.13. The van der Waals surface area contributed by atoms with Crippen LogP contribution in [0, 0.1) is 0 Å². The van der Waals surface area contributed by atoms with Crippen LogP contribution in [0.5, 0.6) is 0 Å². The van der Waals surface area contributed by atoms with Gasteiger partial charge >= 0.3 is 0 Å². The molecule has 3 N–H and O–H groups in total. The number of hydrogen-bond donors (Lipinski definition) is 3. The number of H-pyrrole nitrogens is 1. The maximum absolute atomic E-state index is 11.8. The molecule has 9 heteroatoms. The standard InChI is InChI=1S/C16H17N7OS/c1-2-13(24)23-5-3-10(9-23)19-15-14-12(4-6-25-14)21-16(22-15)20-11-7-17-18-8-11/h2,4,6-8,10H,1,3,5,9H2,(H,17,18)(H2,19,20,21,22)/t10-/m1/s1. The third-order valence-corrected chi connectivity index (χ3v) is 4.98. The Hall–Kier alpha value is -2.94. The Labute approximate surface area is 148 Å². The number of rotatable bonds is 5. The molecule has 0 bridgehead atoms. The monoisotopic (exact) mass is 355 g/mol. The van der Waals surface area contributed by atoms with Crippen LogP contribution in [0.3, 0.4) is 0 Å². The van der Waals surface area contributed by atoms with Crippen molar-refractivity contribution in [3.8, 4) is 0 Å². The van der Waals surface area contributed by atoms with Gasteiger partial charge in [0.15, 0.2) is 0 Å². The van der Waals surface area contributed by atoms with Gasteiger partial charge in [0.1, 0.15) is 5.82 Å². The summed E-state index contributed by atoms with van der Waals surface area (Å²) in [6.45, 7) is 4.92. The summed E-state index contributed by atoms with van der Waals surface area (Å²) in [5.41, 5.74) is 1.68. The number of nitrogens with one attached hydrogen (secondary N) is 3. The van der Waals surface area contributed by atoms with Crippen LogP contribution >= 0.6 is 11.3 Å². The van der Waals surface area contributed by atoms with E-state index in [1.807, 2.05) is 11.4 Å². The molecule has 0 spiro atoms. The molecule has 0 aliphatic carbocycles. The van der Waals surface area contributed by atoms with Crippen molar-refractivity contribution in [3.63, 3.8) is 0 Å². The van der Waals surface area contributed by atoms with Gasteiger partial charge in [0, 0.05) is 25.3 Å². The summed E-state index contributed by atoms with van der Waals surface area (Å²) in [7, 11) is 0. The van der Waals surface area contributed by atoms with E-state index in [1.54, 1.807) is 28.6 Å². The number of likely N-dealkylation sites (tertiary alicyclic amines) is 1. The van der Waals surface area contributed by atoms with Crippen LogP contribution in [0.15, 0.2) is 36.5 Å². The molecule has 1 aliphatic rings. The average Bonchev–Trinajstić information content (AvgIpc) is 3.35. The van der Waals surface area contributed by atoms with Gasteiger partial charge in [-0.15, -0.1) is 11.3 Å². The van der Waals surface area contributed by atoms with Crippen molar-refractivity contribution in [3.05, 3.63) is 36.5 Å². The van der Waals surface area contributed by atoms with Gasteiger partial charge in [-0.3, -0.25) is 9.89 Å². The quantitative estimate of drug-likeness (QED) is 0.608. The summed E-state index contributed by atoms with van der Waals surface area (Å²) in [4.78, 5) is 22.7. The van der Waals surface area contributed by atoms with Crippen LogP contribution in [-0.2, 0) is 4.79 Å². The van der Waals surface area contributed by atoms with Gasteiger partial charge in [0.25, 0.3) is 0 Å². The number of thiophene rings is 1. The molecule has 4 rings (SSSR count). The van der Waals surface area contributed by atoms with Crippen molar-refractivity contribution in [1.29, 1.82) is 0 Å². The van der Waals surface area contributed by atoms with E-state index in [2.05, 4.69) is 37.4 Å². The number of anilines is 3. The molecule has 8 nitrogen and oxygen atoms in total. The van der Waals surface area contributed by atoms with Crippen LogP contribution < -0.4 is 10.6 Å². The number of amides is 1. The predicted octanol–water partition coefficient (Wildman–Crippen LogP) is 2.36. The molecule has 1 aliphatic heterocycles. The molecular weight excluding hydrogens is 338 g/mol. The Morgan fingerprint density at radius 3 is 3.20 bits per heavy atom. The van der Waals surface area contributed by atoms with E-state index in [1.165, 1.54) is 6.08 Å². The molecule has 1 fully saturated rings. The highest BCUT2D eigenvalue weighted by Crippen LogP contribution is 2.29. The van der Waals surface area contributed by atoms with E-state index >= 15 is 0 Å². The van der Waals surface area contributed by atoms with E-state index in [-0.39, 0.29) is 11.9 Å². The Balaban J connectivity index is 1.57. The van der Waals surface area contributed by atoms with Gasteiger partial charge in [-0.2, -0.15) is 10.1 Å². The lowest BCUT2D eigenvalue weighted by molar-refractivity contribution is -0.125. The highest BCUT2D eigenvalue weighted by Gasteiger charge is 2.25. The molecule has 1 amide bonds. The molecular formula is C16H17N7OS. The van der Waals surface area contributed by atoms with Crippen molar-refractivity contribution in [2.45, 2.75) is 12.5 Å². The zero-order valence-electron chi connectivity index (χ0n) is 13.4. The summed E-state index contributed by atoms with van der Waals surface area (Å²) in [5.74, 6) is 1.26. The smallest absolute Gasteiger partial charge is 0.246 e. The lowest BCUT2D eigenvalue weighted by Crippen LogP contribution is -2.30. The van der Waals surface area contributed by atoms with Gasteiger partial charge < -0.3 is 15.5 Å². The van der Waals surface area contributed by atoms with E-state index in [9.17, 15) is 4.79 Å². The number of carbonyl (C=O) groups excluding carboxylic acids is 1. The number of hydrogen-bond acceptors (Lipinski definition) is 7. The fourth-order valence-corrected chi connectivity index (χ4v) is 3.65. The Morgan fingerprint density at radius 1 is 1.48 bits per heavy atom. The SMILES string of the molecule is C=CC(=O)N1CC[C@@H](Nc2nc(Nc3cn[nH]c3)nc3ccsc23)C1. The second-order valence-corrected chi connectivity index (χ2v) is 6.68. The van der Waals surface area contributed by atoms with E-state index < -0.39 is 0 Å². The van der Waals surface area contributed by atoms with Gasteiger partial charge in [0.05, 0.1) is 22.1 Å². The minimum atomic E-state index is -0.0319. The number of aromatic amines is 1. The van der Waals surface area contributed by atoms with Gasteiger partial charge in [0.2, 0.25) is 11.9 Å². The first-order valence-corrected chi connectivity index (χ1v) is 8.80. The first-order valence-electron chi connectivity index (χ1n) is 7.92. The van der Waals surface area contributed by atoms with Gasteiger partial charge in [-0.05, 0) is 23.9 Å². The first kappa shape index (κ1) is 15.6. The maximum Gasteiger partial charge on any atom is 0.246 e. The van der Waals surface area contributed by atoms with E-state index in [0.717, 1.165) is 34.7 Å².